The molecule has 0 N–H and O–H groups in total. The van der Waals surface area contributed by atoms with E-state index >= 15 is 0 Å². The molecule has 0 radical (unpaired) electrons. The number of likely N-dealkylation sites (N-methyl/N-ethyl adjacent to an activating group) is 1. The highest BCUT2D eigenvalue weighted by Gasteiger charge is 2.26. The summed E-state index contributed by atoms with van der Waals surface area (Å²) in [5, 5.41) is 0. The first-order chi connectivity index (χ1) is 9.54. The molecule has 0 saturated carbocycles. The number of carbonyl (C=O) groups is 3. The molecule has 1 fully saturated rings. The van der Waals surface area contributed by atoms with E-state index in [-0.39, 0.29) is 11.8 Å². The van der Waals surface area contributed by atoms with Gasteiger partial charge in [0.1, 0.15) is 6.29 Å². The Hall–Kier alpha value is -1.65. The monoisotopic (exact) mass is 282 g/mol. The maximum Gasteiger partial charge on any atom is 0.246 e. The van der Waals surface area contributed by atoms with Gasteiger partial charge in [0.25, 0.3) is 0 Å². The predicted octanol–water partition coefficient (Wildman–Crippen LogP) is 1.48. The van der Waals surface area contributed by atoms with E-state index in [1.807, 2.05) is 18.7 Å². The third-order valence-electron chi connectivity index (χ3n) is 2.99. The zero-order chi connectivity index (χ0) is 15.5. The number of carbonyl (C=O) groups excluding carboxylic acids is 3. The van der Waals surface area contributed by atoms with E-state index in [4.69, 9.17) is 0 Å². The molecule has 114 valence electrons. The minimum absolute atomic E-state index is 0.164. The van der Waals surface area contributed by atoms with Gasteiger partial charge in [-0.1, -0.05) is 20.8 Å². The third kappa shape index (κ3) is 6.50. The van der Waals surface area contributed by atoms with E-state index in [1.54, 1.807) is 7.05 Å². The topological polar surface area (TPSA) is 57.7 Å². The molecule has 0 unspecified atom stereocenters. The van der Waals surface area contributed by atoms with Gasteiger partial charge in [-0.25, -0.2) is 0 Å². The lowest BCUT2D eigenvalue weighted by molar-refractivity contribution is -0.137. The van der Waals surface area contributed by atoms with Crippen LogP contribution in [0.2, 0.25) is 0 Å². The molecule has 0 spiro atoms. The molecule has 20 heavy (non-hydrogen) atoms. The quantitative estimate of drug-likeness (QED) is 0.548. The van der Waals surface area contributed by atoms with Crippen LogP contribution < -0.4 is 0 Å². The predicted molar refractivity (Wildman–Crippen MR) is 79.2 cm³/mol. The van der Waals surface area contributed by atoms with Crippen LogP contribution in [0.15, 0.2) is 12.2 Å². The van der Waals surface area contributed by atoms with Crippen molar-refractivity contribution in [1.82, 2.24) is 9.80 Å². The molecule has 0 bridgehead atoms. The second-order valence-corrected chi connectivity index (χ2v) is 4.76. The van der Waals surface area contributed by atoms with Crippen LogP contribution in [0.1, 0.15) is 33.6 Å². The third-order valence-corrected chi connectivity index (χ3v) is 2.99. The number of likely N-dealkylation sites (tertiary alicyclic amines) is 1. The molecule has 5 heteroatoms. The molecule has 0 aromatic rings. The van der Waals surface area contributed by atoms with Gasteiger partial charge in [0.15, 0.2) is 0 Å². The summed E-state index contributed by atoms with van der Waals surface area (Å²) in [6, 6.07) is 0. The SMILES string of the molecule is CC.CC1CN(C(=O)CCCN(C)C(=O)/C=C\C=O)C1. The van der Waals surface area contributed by atoms with E-state index in [9.17, 15) is 14.4 Å². The molecule has 1 saturated heterocycles. The maximum absolute atomic E-state index is 11.7. The molecule has 0 aliphatic carbocycles. The van der Waals surface area contributed by atoms with Gasteiger partial charge >= 0.3 is 0 Å². The van der Waals surface area contributed by atoms with Crippen molar-refractivity contribution in [2.24, 2.45) is 5.92 Å². The van der Waals surface area contributed by atoms with Crippen molar-refractivity contribution in [3.05, 3.63) is 12.2 Å². The van der Waals surface area contributed by atoms with Gasteiger partial charge < -0.3 is 9.80 Å². The van der Waals surface area contributed by atoms with Crippen LogP contribution >= 0.6 is 0 Å². The lowest BCUT2D eigenvalue weighted by Crippen LogP contribution is -2.48. The van der Waals surface area contributed by atoms with E-state index in [1.165, 1.54) is 17.1 Å². The van der Waals surface area contributed by atoms with Gasteiger partial charge in [0.05, 0.1) is 0 Å². The minimum atomic E-state index is -0.216. The number of amides is 2. The van der Waals surface area contributed by atoms with Crippen LogP contribution in [0, 0.1) is 5.92 Å². The van der Waals surface area contributed by atoms with Crippen molar-refractivity contribution in [1.29, 1.82) is 0 Å². The molecule has 5 nitrogen and oxygen atoms in total. The van der Waals surface area contributed by atoms with E-state index in [0.29, 0.717) is 31.6 Å². The Morgan fingerprint density at radius 3 is 2.40 bits per heavy atom. The van der Waals surface area contributed by atoms with Crippen LogP contribution in [0.25, 0.3) is 0 Å². The molecule has 0 atom stereocenters. The zero-order valence-corrected chi connectivity index (χ0v) is 13.0. The van der Waals surface area contributed by atoms with Crippen molar-refractivity contribution in [3.63, 3.8) is 0 Å². The van der Waals surface area contributed by atoms with E-state index in [0.717, 1.165) is 13.1 Å². The average Bonchev–Trinajstić information content (AvgIpc) is 2.43. The van der Waals surface area contributed by atoms with Crippen LogP contribution in [0.4, 0.5) is 0 Å². The van der Waals surface area contributed by atoms with Gasteiger partial charge in [-0.05, 0) is 18.4 Å². The van der Waals surface area contributed by atoms with E-state index in [2.05, 4.69) is 6.92 Å². The molecule has 0 aromatic heterocycles. The number of aldehydes is 1. The van der Waals surface area contributed by atoms with Crippen molar-refractivity contribution < 1.29 is 14.4 Å². The Morgan fingerprint density at radius 2 is 1.90 bits per heavy atom. The number of nitrogens with zero attached hydrogens (tertiary/aromatic N) is 2. The van der Waals surface area contributed by atoms with Gasteiger partial charge in [0, 0.05) is 39.2 Å². The first kappa shape index (κ1) is 18.4. The number of allylic oxidation sites excluding steroid dienone is 1. The molecular formula is C15H26N2O3. The van der Waals surface area contributed by atoms with Crippen LogP contribution in [0.3, 0.4) is 0 Å². The fourth-order valence-corrected chi connectivity index (χ4v) is 1.89. The minimum Gasteiger partial charge on any atom is -0.342 e. The van der Waals surface area contributed by atoms with Crippen LogP contribution in [0.5, 0.6) is 0 Å². The number of rotatable bonds is 6. The highest BCUT2D eigenvalue weighted by atomic mass is 16.2. The maximum atomic E-state index is 11.7. The summed E-state index contributed by atoms with van der Waals surface area (Å²) in [5.41, 5.74) is 0. The van der Waals surface area contributed by atoms with Gasteiger partial charge in [-0.15, -0.1) is 0 Å². The van der Waals surface area contributed by atoms with Crippen LogP contribution in [-0.4, -0.2) is 54.6 Å². The lowest BCUT2D eigenvalue weighted by atomic mass is 10.0. The second-order valence-electron chi connectivity index (χ2n) is 4.76. The van der Waals surface area contributed by atoms with Gasteiger partial charge in [0.2, 0.25) is 11.8 Å². The summed E-state index contributed by atoms with van der Waals surface area (Å²) < 4.78 is 0. The lowest BCUT2D eigenvalue weighted by Gasteiger charge is -2.37. The Kier molecular flexibility index (Phi) is 9.34. The largest absolute Gasteiger partial charge is 0.342 e. The fourth-order valence-electron chi connectivity index (χ4n) is 1.89. The summed E-state index contributed by atoms with van der Waals surface area (Å²) in [4.78, 5) is 36.5. The standard InChI is InChI=1S/C13H20N2O3.C2H6/c1-11-9-15(10-11)13(18)5-3-7-14(2)12(17)6-4-8-16;1-2/h4,6,8,11H,3,5,7,9-10H2,1-2H3;1-2H3/b6-4-;. The normalized spacial score (nSPS) is 14.3. The highest BCUT2D eigenvalue weighted by Crippen LogP contribution is 2.15. The van der Waals surface area contributed by atoms with Crippen molar-refractivity contribution in [2.45, 2.75) is 33.6 Å². The second kappa shape index (κ2) is 10.2. The summed E-state index contributed by atoms with van der Waals surface area (Å²) in [5.74, 6) is 0.566. The Labute approximate surface area is 121 Å². The summed E-state index contributed by atoms with van der Waals surface area (Å²) in [7, 11) is 1.66. The van der Waals surface area contributed by atoms with Gasteiger partial charge in [-0.2, -0.15) is 0 Å². The van der Waals surface area contributed by atoms with Crippen molar-refractivity contribution in [2.75, 3.05) is 26.7 Å². The number of hydrogen-bond acceptors (Lipinski definition) is 3. The average molecular weight is 282 g/mol. The Bertz CT molecular complexity index is 347. The fraction of sp³-hybridized carbons (Fsp3) is 0.667. The Balaban J connectivity index is 0.00000172. The first-order valence-electron chi connectivity index (χ1n) is 7.19. The molecule has 0 aromatic carbocycles. The molecule has 1 heterocycles. The summed E-state index contributed by atoms with van der Waals surface area (Å²) in [6.07, 6.45) is 4.10. The van der Waals surface area contributed by atoms with E-state index < -0.39 is 0 Å². The molecule has 1 rings (SSSR count). The smallest absolute Gasteiger partial charge is 0.246 e. The molecule has 2 amide bonds. The molecule has 1 aliphatic rings. The molecule has 1 aliphatic heterocycles. The van der Waals surface area contributed by atoms with Crippen LogP contribution in [-0.2, 0) is 14.4 Å². The zero-order valence-electron chi connectivity index (χ0n) is 13.0. The van der Waals surface area contributed by atoms with Crippen molar-refractivity contribution in [3.8, 4) is 0 Å². The highest BCUT2D eigenvalue weighted by molar-refractivity contribution is 5.90. The Morgan fingerprint density at radius 1 is 1.30 bits per heavy atom. The van der Waals surface area contributed by atoms with Crippen molar-refractivity contribution >= 4 is 18.1 Å². The molecular weight excluding hydrogens is 256 g/mol. The summed E-state index contributed by atoms with van der Waals surface area (Å²) in [6.45, 7) is 8.36. The first-order valence-corrected chi connectivity index (χ1v) is 7.19. The summed E-state index contributed by atoms with van der Waals surface area (Å²) >= 11 is 0. The van der Waals surface area contributed by atoms with Gasteiger partial charge in [-0.3, -0.25) is 14.4 Å². The number of hydrogen-bond donors (Lipinski definition) is 0.